The van der Waals surface area contributed by atoms with Gasteiger partial charge < -0.3 is 20.5 Å². The first-order valence-corrected chi connectivity index (χ1v) is 7.23. The molecule has 1 aliphatic carbocycles. The Morgan fingerprint density at radius 3 is 2.60 bits per heavy atom. The largest absolute Gasteiger partial charge is 0.474 e. The van der Waals surface area contributed by atoms with Gasteiger partial charge in [0.1, 0.15) is 18.1 Å². The lowest BCUT2D eigenvalue weighted by Crippen LogP contribution is -2.15. The van der Waals surface area contributed by atoms with E-state index in [9.17, 15) is 0 Å². The van der Waals surface area contributed by atoms with Crippen LogP contribution in [0.3, 0.4) is 0 Å². The fourth-order valence-electron chi connectivity index (χ4n) is 2.53. The zero-order chi connectivity index (χ0) is 14.4. The van der Waals surface area contributed by atoms with Gasteiger partial charge in [-0.2, -0.15) is 4.98 Å². The number of hydrogen-bond donors (Lipinski definition) is 2. The third-order valence-corrected chi connectivity index (χ3v) is 3.66. The summed E-state index contributed by atoms with van der Waals surface area (Å²) in [4.78, 5) is 9.07. The van der Waals surface area contributed by atoms with Gasteiger partial charge in [-0.1, -0.05) is 19.3 Å². The van der Waals surface area contributed by atoms with E-state index in [1.54, 1.807) is 7.11 Å². The Balaban J connectivity index is 2.20. The molecule has 0 unspecified atom stereocenters. The van der Waals surface area contributed by atoms with Crippen molar-refractivity contribution in [2.45, 2.75) is 38.0 Å². The van der Waals surface area contributed by atoms with Crippen molar-refractivity contribution < 1.29 is 9.47 Å². The molecule has 0 aliphatic heterocycles. The summed E-state index contributed by atoms with van der Waals surface area (Å²) in [6.45, 7) is 0.946. The van der Waals surface area contributed by atoms with Crippen LogP contribution in [0.4, 0.5) is 11.5 Å². The average molecular weight is 280 g/mol. The van der Waals surface area contributed by atoms with E-state index >= 15 is 0 Å². The first-order chi connectivity index (χ1) is 9.76. The lowest BCUT2D eigenvalue weighted by atomic mass is 9.88. The highest BCUT2D eigenvalue weighted by Gasteiger charge is 2.21. The summed E-state index contributed by atoms with van der Waals surface area (Å²) in [7, 11) is 3.45. The third kappa shape index (κ3) is 3.50. The Kier molecular flexibility index (Phi) is 5.40. The van der Waals surface area contributed by atoms with Crippen LogP contribution in [-0.2, 0) is 4.74 Å². The lowest BCUT2D eigenvalue weighted by Gasteiger charge is -2.22. The zero-order valence-electron chi connectivity index (χ0n) is 12.3. The van der Waals surface area contributed by atoms with E-state index in [1.165, 1.54) is 19.3 Å². The third-order valence-electron chi connectivity index (χ3n) is 3.66. The van der Waals surface area contributed by atoms with Crippen molar-refractivity contribution in [2.24, 2.45) is 0 Å². The minimum atomic E-state index is 0.418. The standard InChI is InChI=1S/C14H24N4O2/c1-16-13-11(15)14(20-9-8-19-2)18-12(17-13)10-6-4-3-5-7-10/h10H,3-9,15H2,1-2H3,(H,16,17,18). The van der Waals surface area contributed by atoms with Crippen LogP contribution in [0, 0.1) is 0 Å². The number of ether oxygens (including phenoxy) is 2. The molecule has 1 aliphatic rings. The second kappa shape index (κ2) is 7.28. The molecule has 0 aromatic carbocycles. The Labute approximate surface area is 120 Å². The maximum atomic E-state index is 6.02. The Morgan fingerprint density at radius 2 is 1.95 bits per heavy atom. The SMILES string of the molecule is CNc1nc(C2CCCCC2)nc(OCCOC)c1N. The summed E-state index contributed by atoms with van der Waals surface area (Å²) in [6, 6.07) is 0. The highest BCUT2D eigenvalue weighted by atomic mass is 16.5. The van der Waals surface area contributed by atoms with Crippen molar-refractivity contribution >= 4 is 11.5 Å². The minimum Gasteiger partial charge on any atom is -0.474 e. The molecule has 1 saturated carbocycles. The van der Waals surface area contributed by atoms with Gasteiger partial charge in [-0.05, 0) is 12.8 Å². The Hall–Kier alpha value is -1.56. The number of nitrogens with one attached hydrogen (secondary N) is 1. The van der Waals surface area contributed by atoms with Gasteiger partial charge in [0.2, 0.25) is 5.88 Å². The van der Waals surface area contributed by atoms with Crippen LogP contribution >= 0.6 is 0 Å². The van der Waals surface area contributed by atoms with Crippen LogP contribution < -0.4 is 15.8 Å². The van der Waals surface area contributed by atoms with E-state index in [4.69, 9.17) is 15.2 Å². The number of aromatic nitrogens is 2. The van der Waals surface area contributed by atoms with Gasteiger partial charge in [0, 0.05) is 20.1 Å². The molecule has 20 heavy (non-hydrogen) atoms. The molecule has 1 aromatic heterocycles. The van der Waals surface area contributed by atoms with Crippen molar-refractivity contribution in [3.63, 3.8) is 0 Å². The van der Waals surface area contributed by atoms with Crippen LogP contribution in [0.1, 0.15) is 43.8 Å². The average Bonchev–Trinajstić information content (AvgIpc) is 2.50. The molecule has 1 aromatic rings. The van der Waals surface area contributed by atoms with Gasteiger partial charge in [0.05, 0.1) is 6.61 Å². The van der Waals surface area contributed by atoms with Gasteiger partial charge in [-0.25, -0.2) is 4.98 Å². The summed E-state index contributed by atoms with van der Waals surface area (Å²) in [5.74, 6) is 2.37. The normalized spacial score (nSPS) is 16.1. The molecule has 2 rings (SSSR count). The highest BCUT2D eigenvalue weighted by Crippen LogP contribution is 2.34. The van der Waals surface area contributed by atoms with E-state index in [1.807, 2.05) is 7.05 Å². The minimum absolute atomic E-state index is 0.418. The molecule has 0 spiro atoms. The molecule has 0 saturated heterocycles. The Morgan fingerprint density at radius 1 is 1.20 bits per heavy atom. The second-order valence-electron chi connectivity index (χ2n) is 5.08. The van der Waals surface area contributed by atoms with Crippen LogP contribution in [0.2, 0.25) is 0 Å². The summed E-state index contributed by atoms with van der Waals surface area (Å²) >= 11 is 0. The molecule has 1 fully saturated rings. The molecule has 3 N–H and O–H groups in total. The Bertz CT molecular complexity index is 433. The predicted molar refractivity (Wildman–Crippen MR) is 79.2 cm³/mol. The molecule has 0 amide bonds. The van der Waals surface area contributed by atoms with E-state index in [2.05, 4.69) is 15.3 Å². The van der Waals surface area contributed by atoms with Crippen LogP contribution in [0.15, 0.2) is 0 Å². The fraction of sp³-hybridized carbons (Fsp3) is 0.714. The van der Waals surface area contributed by atoms with Crippen LogP contribution in [-0.4, -0.2) is 37.3 Å². The monoisotopic (exact) mass is 280 g/mol. The number of nitrogen functional groups attached to an aromatic ring is 1. The van der Waals surface area contributed by atoms with E-state index in [0.717, 1.165) is 18.7 Å². The molecular weight excluding hydrogens is 256 g/mol. The molecule has 0 atom stereocenters. The summed E-state index contributed by atoms with van der Waals surface area (Å²) < 4.78 is 10.6. The summed E-state index contributed by atoms with van der Waals surface area (Å²) in [5, 5.41) is 3.02. The van der Waals surface area contributed by atoms with Crippen molar-refractivity contribution in [2.75, 3.05) is 38.4 Å². The quantitative estimate of drug-likeness (QED) is 0.777. The predicted octanol–water partition coefficient (Wildman–Crippen LogP) is 2.17. The van der Waals surface area contributed by atoms with E-state index in [0.29, 0.717) is 36.5 Å². The molecular formula is C14H24N4O2. The highest BCUT2D eigenvalue weighted by molar-refractivity contribution is 5.66. The lowest BCUT2D eigenvalue weighted by molar-refractivity contribution is 0.144. The van der Waals surface area contributed by atoms with Crippen molar-refractivity contribution in [3.8, 4) is 5.88 Å². The molecule has 6 heteroatoms. The molecule has 1 heterocycles. The summed E-state index contributed by atoms with van der Waals surface area (Å²) in [6.07, 6.45) is 6.08. The first kappa shape index (κ1) is 14.8. The van der Waals surface area contributed by atoms with Gasteiger partial charge in [-0.3, -0.25) is 0 Å². The van der Waals surface area contributed by atoms with Crippen LogP contribution in [0.25, 0.3) is 0 Å². The number of rotatable bonds is 6. The molecule has 0 radical (unpaired) electrons. The maximum Gasteiger partial charge on any atom is 0.242 e. The fourth-order valence-corrected chi connectivity index (χ4v) is 2.53. The van der Waals surface area contributed by atoms with Crippen LogP contribution in [0.5, 0.6) is 5.88 Å². The maximum absolute atomic E-state index is 6.02. The smallest absolute Gasteiger partial charge is 0.242 e. The number of methoxy groups -OCH3 is 1. The van der Waals surface area contributed by atoms with Gasteiger partial charge in [0.15, 0.2) is 5.82 Å². The van der Waals surface area contributed by atoms with Gasteiger partial charge in [-0.15, -0.1) is 0 Å². The first-order valence-electron chi connectivity index (χ1n) is 7.23. The van der Waals surface area contributed by atoms with Gasteiger partial charge >= 0.3 is 0 Å². The molecule has 112 valence electrons. The van der Waals surface area contributed by atoms with Crippen molar-refractivity contribution in [1.82, 2.24) is 9.97 Å². The number of hydrogen-bond acceptors (Lipinski definition) is 6. The molecule has 0 bridgehead atoms. The van der Waals surface area contributed by atoms with Gasteiger partial charge in [0.25, 0.3) is 0 Å². The van der Waals surface area contributed by atoms with Crippen molar-refractivity contribution in [3.05, 3.63) is 5.82 Å². The second-order valence-corrected chi connectivity index (χ2v) is 5.08. The van der Waals surface area contributed by atoms with Crippen molar-refractivity contribution in [1.29, 1.82) is 0 Å². The van der Waals surface area contributed by atoms with E-state index < -0.39 is 0 Å². The number of anilines is 2. The summed E-state index contributed by atoms with van der Waals surface area (Å²) in [5.41, 5.74) is 6.48. The zero-order valence-corrected chi connectivity index (χ0v) is 12.3. The molecule has 6 nitrogen and oxygen atoms in total. The topological polar surface area (TPSA) is 82.3 Å². The number of nitrogens with two attached hydrogens (primary N) is 1. The number of nitrogens with zero attached hydrogens (tertiary/aromatic N) is 2. The van der Waals surface area contributed by atoms with E-state index in [-0.39, 0.29) is 0 Å².